The van der Waals surface area contributed by atoms with Crippen LogP contribution in [-0.2, 0) is 0 Å². The van der Waals surface area contributed by atoms with E-state index in [1.54, 1.807) is 6.07 Å². The van der Waals surface area contributed by atoms with Crippen LogP contribution >= 0.6 is 11.6 Å². The molecule has 0 N–H and O–H groups in total. The lowest BCUT2D eigenvalue weighted by molar-refractivity contribution is 0.492. The topological polar surface area (TPSA) is 0 Å². The molecule has 0 bridgehead atoms. The summed E-state index contributed by atoms with van der Waals surface area (Å²) in [5.41, 5.74) is 0. The minimum atomic E-state index is -1.43. The van der Waals surface area contributed by atoms with Crippen LogP contribution in [0.4, 0.5) is 13.2 Å². The van der Waals surface area contributed by atoms with Crippen molar-refractivity contribution in [1.82, 2.24) is 0 Å². The van der Waals surface area contributed by atoms with Crippen molar-refractivity contribution in [3.8, 4) is 0 Å². The lowest BCUT2D eigenvalue weighted by Gasteiger charge is -1.92. The fourth-order valence-corrected chi connectivity index (χ4v) is 0.596. The Morgan fingerprint density at radius 1 is 1.10 bits per heavy atom. The van der Waals surface area contributed by atoms with Crippen molar-refractivity contribution in [2.75, 3.05) is 0 Å². The highest BCUT2D eigenvalue weighted by Gasteiger charge is 2.09. The Bertz CT molecular complexity index is 236. The van der Waals surface area contributed by atoms with Gasteiger partial charge in [-0.15, -0.1) is 0 Å². The van der Waals surface area contributed by atoms with Gasteiger partial charge < -0.3 is 0 Å². The molecular weight excluding hydrogens is 165 g/mol. The van der Waals surface area contributed by atoms with E-state index in [4.69, 9.17) is 11.6 Å². The maximum absolute atomic E-state index is 12.2. The standard InChI is InChI=1S/C6ClF3/c7-4-1-3(8)2-5(9)6(4)10. The summed E-state index contributed by atoms with van der Waals surface area (Å²) in [5.74, 6) is -3.90. The van der Waals surface area contributed by atoms with Gasteiger partial charge in [0.25, 0.3) is 0 Å². The lowest BCUT2D eigenvalue weighted by atomic mass is 10.3. The normalized spacial score (nSPS) is 10.0. The summed E-state index contributed by atoms with van der Waals surface area (Å²) in [7, 11) is 0. The molecule has 0 saturated heterocycles. The second kappa shape index (κ2) is 2.50. The molecule has 2 radical (unpaired) electrons. The van der Waals surface area contributed by atoms with Crippen LogP contribution in [0.25, 0.3) is 0 Å². The summed E-state index contributed by atoms with van der Waals surface area (Å²) in [6.07, 6.45) is 0. The van der Waals surface area contributed by atoms with E-state index in [9.17, 15) is 13.2 Å². The summed E-state index contributed by atoms with van der Waals surface area (Å²) in [5, 5.41) is -0.700. The minimum Gasteiger partial charge on any atom is -0.205 e. The average Bonchev–Trinajstić information content (AvgIpc) is 1.82. The Balaban J connectivity index is 3.31. The fourth-order valence-electron chi connectivity index (χ4n) is 0.430. The van der Waals surface area contributed by atoms with E-state index in [0.29, 0.717) is 0 Å². The Hall–Kier alpha value is -0.700. The van der Waals surface area contributed by atoms with Gasteiger partial charge in [0.2, 0.25) is 0 Å². The molecule has 4 heteroatoms. The van der Waals surface area contributed by atoms with E-state index < -0.39 is 22.5 Å². The monoisotopic (exact) mass is 164 g/mol. The molecule has 1 aromatic carbocycles. The summed E-state index contributed by atoms with van der Waals surface area (Å²) in [4.78, 5) is 0. The highest BCUT2D eigenvalue weighted by molar-refractivity contribution is 6.30. The van der Waals surface area contributed by atoms with Gasteiger partial charge in [-0.1, -0.05) is 11.6 Å². The fraction of sp³-hybridized carbons (Fsp3) is 0. The van der Waals surface area contributed by atoms with Crippen LogP contribution in [0.1, 0.15) is 0 Å². The molecule has 1 aromatic rings. The van der Waals surface area contributed by atoms with Gasteiger partial charge in [0, 0.05) is 6.07 Å². The molecule has 0 amide bonds. The van der Waals surface area contributed by atoms with Gasteiger partial charge in [0.1, 0.15) is 5.82 Å². The first kappa shape index (κ1) is 7.41. The van der Waals surface area contributed by atoms with Crippen LogP contribution in [0.2, 0.25) is 5.02 Å². The van der Waals surface area contributed by atoms with E-state index in [1.165, 1.54) is 6.07 Å². The van der Waals surface area contributed by atoms with Crippen molar-refractivity contribution in [1.29, 1.82) is 0 Å². The highest BCUT2D eigenvalue weighted by Crippen LogP contribution is 2.17. The van der Waals surface area contributed by atoms with E-state index in [-0.39, 0.29) is 0 Å². The zero-order valence-corrected chi connectivity index (χ0v) is 5.27. The van der Waals surface area contributed by atoms with E-state index in [0.717, 1.165) is 0 Å². The van der Waals surface area contributed by atoms with E-state index in [2.05, 4.69) is 0 Å². The minimum absolute atomic E-state index is 0.700. The van der Waals surface area contributed by atoms with Crippen molar-refractivity contribution in [2.24, 2.45) is 0 Å². The molecule has 0 heterocycles. The summed E-state index contributed by atoms with van der Waals surface area (Å²) in [6, 6.07) is 3.14. The largest absolute Gasteiger partial charge is 0.205 e. The summed E-state index contributed by atoms with van der Waals surface area (Å²) < 4.78 is 36.2. The number of benzene rings is 1. The molecular formula is C6ClF3. The van der Waals surface area contributed by atoms with Gasteiger partial charge in [0.05, 0.1) is 11.1 Å². The van der Waals surface area contributed by atoms with Gasteiger partial charge >= 0.3 is 0 Å². The third-order valence-corrected chi connectivity index (χ3v) is 1.08. The maximum atomic E-state index is 12.2. The first-order valence-electron chi connectivity index (χ1n) is 2.26. The molecule has 0 aliphatic heterocycles. The number of halogens is 4. The average molecular weight is 165 g/mol. The van der Waals surface area contributed by atoms with Crippen LogP contribution in [0.5, 0.6) is 0 Å². The van der Waals surface area contributed by atoms with Gasteiger partial charge in [-0.25, -0.2) is 13.2 Å². The second-order valence-electron chi connectivity index (χ2n) is 1.51. The molecule has 0 unspecified atom stereocenters. The van der Waals surface area contributed by atoms with Gasteiger partial charge in [0.15, 0.2) is 11.6 Å². The molecule has 10 heavy (non-hydrogen) atoms. The second-order valence-corrected chi connectivity index (χ2v) is 1.88. The number of hydrogen-bond donors (Lipinski definition) is 0. The maximum Gasteiger partial charge on any atom is 0.178 e. The third-order valence-electron chi connectivity index (χ3n) is 0.824. The Morgan fingerprint density at radius 3 is 2.20 bits per heavy atom. The zero-order chi connectivity index (χ0) is 7.72. The molecule has 0 aliphatic carbocycles. The van der Waals surface area contributed by atoms with E-state index >= 15 is 0 Å². The molecule has 52 valence electrons. The van der Waals surface area contributed by atoms with Crippen molar-refractivity contribution in [3.63, 3.8) is 0 Å². The number of hydrogen-bond acceptors (Lipinski definition) is 0. The lowest BCUT2D eigenvalue weighted by Crippen LogP contribution is -1.88. The Labute approximate surface area is 60.2 Å². The first-order valence-corrected chi connectivity index (χ1v) is 2.63. The molecule has 0 aromatic heterocycles. The van der Waals surface area contributed by atoms with Crippen molar-refractivity contribution < 1.29 is 13.2 Å². The van der Waals surface area contributed by atoms with Gasteiger partial charge in [-0.2, -0.15) is 0 Å². The molecule has 1 rings (SSSR count). The van der Waals surface area contributed by atoms with Crippen LogP contribution < -0.4 is 0 Å². The molecule has 0 nitrogen and oxygen atoms in total. The summed E-state index contributed by atoms with van der Waals surface area (Å²) >= 11 is 4.99. The SMILES string of the molecule is Fc1[c]c(F)c(F)c(Cl)[c]1. The smallest absolute Gasteiger partial charge is 0.178 e. The van der Waals surface area contributed by atoms with Crippen molar-refractivity contribution in [3.05, 3.63) is 34.6 Å². The quantitative estimate of drug-likeness (QED) is 0.408. The van der Waals surface area contributed by atoms with Crippen LogP contribution in [0.3, 0.4) is 0 Å². The summed E-state index contributed by atoms with van der Waals surface area (Å²) in [6.45, 7) is 0. The number of rotatable bonds is 0. The van der Waals surface area contributed by atoms with Crippen LogP contribution in [-0.4, -0.2) is 0 Å². The van der Waals surface area contributed by atoms with Gasteiger partial charge in [-0.05, 0) is 0 Å². The first-order chi connectivity index (χ1) is 4.61. The predicted octanol–water partition coefficient (Wildman–Crippen LogP) is 2.36. The third kappa shape index (κ3) is 1.24. The van der Waals surface area contributed by atoms with Gasteiger partial charge in [-0.3, -0.25) is 0 Å². The van der Waals surface area contributed by atoms with Crippen molar-refractivity contribution >= 4 is 11.6 Å². The van der Waals surface area contributed by atoms with Crippen LogP contribution in [0, 0.1) is 29.6 Å². The zero-order valence-electron chi connectivity index (χ0n) is 4.51. The Morgan fingerprint density at radius 2 is 1.70 bits per heavy atom. The molecule has 0 atom stereocenters. The Kier molecular flexibility index (Phi) is 1.85. The predicted molar refractivity (Wildman–Crippen MR) is 29.0 cm³/mol. The van der Waals surface area contributed by atoms with E-state index in [1.807, 2.05) is 0 Å². The molecule has 0 spiro atoms. The molecule has 0 fully saturated rings. The van der Waals surface area contributed by atoms with Crippen molar-refractivity contribution in [2.45, 2.75) is 0 Å². The molecule has 0 aliphatic rings. The molecule has 0 saturated carbocycles. The van der Waals surface area contributed by atoms with Crippen LogP contribution in [0.15, 0.2) is 0 Å². The highest BCUT2D eigenvalue weighted by atomic mass is 35.5.